The van der Waals surface area contributed by atoms with E-state index in [1.807, 2.05) is 0 Å². The van der Waals surface area contributed by atoms with Gasteiger partial charge in [-0.2, -0.15) is 0 Å². The Hall–Kier alpha value is -2.67. The summed E-state index contributed by atoms with van der Waals surface area (Å²) in [5.41, 5.74) is 7.95. The minimum Gasteiger partial charge on any atom is -0.381 e. The standard InChI is InChI=1S/C26H33N3O3/c1-19-23(24-4-2-3-5-25(24)27-19)12-15-29(22-13-16-32-17-14-22)18-21-8-6-20(7-9-21)10-11-26(30)28-31/h2-9,22,27,31H,10-18H2,1H3,(H,28,30). The van der Waals surface area contributed by atoms with Gasteiger partial charge in [0.25, 0.3) is 0 Å². The number of aryl methyl sites for hydroxylation is 2. The van der Waals surface area contributed by atoms with Crippen LogP contribution in [0.4, 0.5) is 0 Å². The van der Waals surface area contributed by atoms with Crippen molar-refractivity contribution in [3.05, 3.63) is 70.9 Å². The fourth-order valence-electron chi connectivity index (χ4n) is 4.71. The zero-order chi connectivity index (χ0) is 22.3. The summed E-state index contributed by atoms with van der Waals surface area (Å²) in [6.45, 7) is 5.75. The number of para-hydroxylation sites is 1. The maximum Gasteiger partial charge on any atom is 0.243 e. The van der Waals surface area contributed by atoms with E-state index in [1.54, 1.807) is 5.48 Å². The molecule has 0 atom stereocenters. The van der Waals surface area contributed by atoms with Crippen molar-refractivity contribution in [2.24, 2.45) is 0 Å². The van der Waals surface area contributed by atoms with Crippen LogP contribution in [0, 0.1) is 6.92 Å². The van der Waals surface area contributed by atoms with E-state index in [-0.39, 0.29) is 12.3 Å². The van der Waals surface area contributed by atoms with Crippen LogP contribution in [0.25, 0.3) is 10.9 Å². The molecule has 6 nitrogen and oxygen atoms in total. The third-order valence-electron chi connectivity index (χ3n) is 6.56. The van der Waals surface area contributed by atoms with E-state index < -0.39 is 0 Å². The Bertz CT molecular complexity index is 1020. The first kappa shape index (κ1) is 22.5. The van der Waals surface area contributed by atoms with Gasteiger partial charge in [-0.15, -0.1) is 0 Å². The number of aromatic nitrogens is 1. The number of carbonyl (C=O) groups excluding carboxylic acids is 1. The second-order valence-corrected chi connectivity index (χ2v) is 8.69. The monoisotopic (exact) mass is 435 g/mol. The Morgan fingerprint density at radius 1 is 1.09 bits per heavy atom. The van der Waals surface area contributed by atoms with Crippen LogP contribution in [0.5, 0.6) is 0 Å². The van der Waals surface area contributed by atoms with Crippen molar-refractivity contribution in [3.63, 3.8) is 0 Å². The van der Waals surface area contributed by atoms with Crippen molar-refractivity contribution in [1.29, 1.82) is 0 Å². The molecule has 1 amide bonds. The Morgan fingerprint density at radius 2 is 1.81 bits per heavy atom. The molecular formula is C26H33N3O3. The highest BCUT2D eigenvalue weighted by Crippen LogP contribution is 2.24. The van der Waals surface area contributed by atoms with Gasteiger partial charge in [0.2, 0.25) is 5.91 Å². The molecule has 0 unspecified atom stereocenters. The molecule has 1 aliphatic heterocycles. The normalized spacial score (nSPS) is 14.8. The number of H-pyrrole nitrogens is 1. The minimum atomic E-state index is -0.354. The zero-order valence-electron chi connectivity index (χ0n) is 18.8. The van der Waals surface area contributed by atoms with Gasteiger partial charge < -0.3 is 9.72 Å². The number of rotatable bonds is 9. The van der Waals surface area contributed by atoms with E-state index in [2.05, 4.69) is 65.3 Å². The van der Waals surface area contributed by atoms with E-state index in [0.29, 0.717) is 12.5 Å². The van der Waals surface area contributed by atoms with Gasteiger partial charge in [-0.05, 0) is 55.4 Å². The van der Waals surface area contributed by atoms with E-state index in [9.17, 15) is 4.79 Å². The molecule has 0 aliphatic carbocycles. The van der Waals surface area contributed by atoms with Gasteiger partial charge in [0.15, 0.2) is 0 Å². The average Bonchev–Trinajstić information content (AvgIpc) is 3.16. The second-order valence-electron chi connectivity index (χ2n) is 8.69. The number of benzene rings is 2. The van der Waals surface area contributed by atoms with Crippen molar-refractivity contribution >= 4 is 16.8 Å². The number of nitrogens with one attached hydrogen (secondary N) is 2. The summed E-state index contributed by atoms with van der Waals surface area (Å²) in [5.74, 6) is -0.354. The van der Waals surface area contributed by atoms with Gasteiger partial charge >= 0.3 is 0 Å². The van der Waals surface area contributed by atoms with Crippen molar-refractivity contribution in [2.45, 2.75) is 51.6 Å². The third kappa shape index (κ3) is 5.57. The summed E-state index contributed by atoms with van der Waals surface area (Å²) in [4.78, 5) is 17.4. The van der Waals surface area contributed by atoms with Crippen molar-refractivity contribution in [2.75, 3.05) is 19.8 Å². The molecular weight excluding hydrogens is 402 g/mol. The molecule has 0 radical (unpaired) electrons. The average molecular weight is 436 g/mol. The molecule has 0 saturated carbocycles. The molecule has 3 N–H and O–H groups in total. The Kier molecular flexibility index (Phi) is 7.58. The van der Waals surface area contributed by atoms with Crippen LogP contribution in [0.2, 0.25) is 0 Å². The van der Waals surface area contributed by atoms with E-state index >= 15 is 0 Å². The number of carbonyl (C=O) groups is 1. The lowest BCUT2D eigenvalue weighted by Crippen LogP contribution is -2.40. The van der Waals surface area contributed by atoms with Crippen LogP contribution in [0.3, 0.4) is 0 Å². The predicted octanol–water partition coefficient (Wildman–Crippen LogP) is 4.14. The van der Waals surface area contributed by atoms with E-state index in [4.69, 9.17) is 9.94 Å². The molecule has 1 saturated heterocycles. The number of hydroxylamine groups is 1. The van der Waals surface area contributed by atoms with Gasteiger partial charge in [0, 0.05) is 55.4 Å². The number of nitrogens with zero attached hydrogens (tertiary/aromatic N) is 1. The van der Waals surface area contributed by atoms with Gasteiger partial charge in [-0.3, -0.25) is 14.9 Å². The molecule has 0 spiro atoms. The summed E-state index contributed by atoms with van der Waals surface area (Å²) >= 11 is 0. The summed E-state index contributed by atoms with van der Waals surface area (Å²) in [5, 5.41) is 9.99. The SMILES string of the molecule is Cc1[nH]c2ccccc2c1CCN(Cc1ccc(CCC(=O)NO)cc1)C1CCOCC1. The highest BCUT2D eigenvalue weighted by atomic mass is 16.5. The number of ether oxygens (including phenoxy) is 1. The van der Waals surface area contributed by atoms with Crippen molar-refractivity contribution in [3.8, 4) is 0 Å². The summed E-state index contributed by atoms with van der Waals surface area (Å²) in [7, 11) is 0. The molecule has 2 aromatic carbocycles. The van der Waals surface area contributed by atoms with Gasteiger partial charge in [-0.1, -0.05) is 42.5 Å². The lowest BCUT2D eigenvalue weighted by Gasteiger charge is -2.34. The van der Waals surface area contributed by atoms with E-state index in [1.165, 1.54) is 27.7 Å². The van der Waals surface area contributed by atoms with Crippen LogP contribution in [0.1, 0.15) is 41.6 Å². The highest BCUT2D eigenvalue weighted by molar-refractivity contribution is 5.84. The largest absolute Gasteiger partial charge is 0.381 e. The van der Waals surface area contributed by atoms with Crippen LogP contribution in [-0.4, -0.2) is 46.8 Å². The predicted molar refractivity (Wildman–Crippen MR) is 126 cm³/mol. The first-order valence-corrected chi connectivity index (χ1v) is 11.5. The molecule has 1 fully saturated rings. The van der Waals surface area contributed by atoms with Gasteiger partial charge in [0.1, 0.15) is 0 Å². The number of hydrogen-bond acceptors (Lipinski definition) is 4. The molecule has 0 bridgehead atoms. The number of amides is 1. The smallest absolute Gasteiger partial charge is 0.243 e. The van der Waals surface area contributed by atoms with E-state index in [0.717, 1.165) is 51.1 Å². The lowest BCUT2D eigenvalue weighted by atomic mass is 10.0. The van der Waals surface area contributed by atoms with Gasteiger partial charge in [-0.25, -0.2) is 5.48 Å². The lowest BCUT2D eigenvalue weighted by molar-refractivity contribution is -0.129. The molecule has 4 rings (SSSR count). The fraction of sp³-hybridized carbons (Fsp3) is 0.423. The quantitative estimate of drug-likeness (QED) is 0.349. The maximum absolute atomic E-state index is 11.3. The Morgan fingerprint density at radius 3 is 2.56 bits per heavy atom. The van der Waals surface area contributed by atoms with Crippen LogP contribution >= 0.6 is 0 Å². The van der Waals surface area contributed by atoms with Crippen molar-refractivity contribution in [1.82, 2.24) is 15.4 Å². The van der Waals surface area contributed by atoms with Crippen molar-refractivity contribution < 1.29 is 14.7 Å². The summed E-state index contributed by atoms with van der Waals surface area (Å²) < 4.78 is 5.62. The maximum atomic E-state index is 11.3. The number of hydrogen-bond donors (Lipinski definition) is 3. The van der Waals surface area contributed by atoms with Crippen LogP contribution in [-0.2, 0) is 28.9 Å². The number of fused-ring (bicyclic) bond motifs is 1. The minimum absolute atomic E-state index is 0.286. The molecule has 3 aromatic rings. The second kappa shape index (κ2) is 10.8. The highest BCUT2D eigenvalue weighted by Gasteiger charge is 2.22. The fourth-order valence-corrected chi connectivity index (χ4v) is 4.71. The summed E-state index contributed by atoms with van der Waals surface area (Å²) in [6.07, 6.45) is 4.06. The first-order valence-electron chi connectivity index (χ1n) is 11.5. The van der Waals surface area contributed by atoms with Crippen LogP contribution < -0.4 is 5.48 Å². The molecule has 6 heteroatoms. The Balaban J connectivity index is 1.45. The third-order valence-corrected chi connectivity index (χ3v) is 6.56. The topological polar surface area (TPSA) is 77.6 Å². The number of aromatic amines is 1. The molecule has 170 valence electrons. The molecule has 2 heterocycles. The van der Waals surface area contributed by atoms with Gasteiger partial charge in [0.05, 0.1) is 0 Å². The molecule has 1 aromatic heterocycles. The van der Waals surface area contributed by atoms with Crippen LogP contribution in [0.15, 0.2) is 48.5 Å². The first-order chi connectivity index (χ1) is 15.6. The Labute approximate surface area is 189 Å². The molecule has 32 heavy (non-hydrogen) atoms. The zero-order valence-corrected chi connectivity index (χ0v) is 18.8. The summed E-state index contributed by atoms with van der Waals surface area (Å²) in [6, 6.07) is 17.6. The molecule has 1 aliphatic rings.